The molecular formula is C14H19N5O. The number of hydrogen-bond acceptors (Lipinski definition) is 4. The number of amides is 2. The zero-order valence-corrected chi connectivity index (χ0v) is 11.8. The zero-order chi connectivity index (χ0) is 14.5. The van der Waals surface area contributed by atoms with Crippen LogP contribution in [0.1, 0.15) is 19.4 Å². The molecule has 0 unspecified atom stereocenters. The first-order chi connectivity index (χ1) is 9.60. The number of piperazine rings is 1. The number of nitriles is 1. The van der Waals surface area contributed by atoms with Gasteiger partial charge in [0.05, 0.1) is 11.6 Å². The van der Waals surface area contributed by atoms with Crippen molar-refractivity contribution in [2.75, 3.05) is 31.1 Å². The molecule has 2 rings (SSSR count). The molecule has 1 aromatic rings. The molecule has 0 bridgehead atoms. The van der Waals surface area contributed by atoms with Crippen molar-refractivity contribution in [3.63, 3.8) is 0 Å². The maximum atomic E-state index is 11.9. The molecule has 0 aromatic carbocycles. The van der Waals surface area contributed by atoms with Gasteiger partial charge >= 0.3 is 6.03 Å². The van der Waals surface area contributed by atoms with Crippen molar-refractivity contribution >= 4 is 11.8 Å². The molecule has 0 atom stereocenters. The number of pyridine rings is 1. The average Bonchev–Trinajstić information content (AvgIpc) is 2.47. The Morgan fingerprint density at radius 2 is 2.10 bits per heavy atom. The lowest BCUT2D eigenvalue weighted by Crippen LogP contribution is -2.53. The lowest BCUT2D eigenvalue weighted by atomic mass is 10.2. The monoisotopic (exact) mass is 273 g/mol. The highest BCUT2D eigenvalue weighted by Gasteiger charge is 2.22. The molecule has 0 saturated carbocycles. The third-order valence-electron chi connectivity index (χ3n) is 3.18. The van der Waals surface area contributed by atoms with Crippen molar-refractivity contribution < 1.29 is 4.79 Å². The summed E-state index contributed by atoms with van der Waals surface area (Å²) < 4.78 is 0. The van der Waals surface area contributed by atoms with Gasteiger partial charge in [0.25, 0.3) is 0 Å². The van der Waals surface area contributed by atoms with Crippen LogP contribution in [0.4, 0.5) is 10.6 Å². The minimum absolute atomic E-state index is 0.0154. The van der Waals surface area contributed by atoms with E-state index in [1.807, 2.05) is 18.7 Å². The predicted octanol–water partition coefficient (Wildman–Crippen LogP) is 1.19. The first kappa shape index (κ1) is 14.1. The third-order valence-corrected chi connectivity index (χ3v) is 3.18. The number of carbonyl (C=O) groups excluding carboxylic acids is 1. The molecule has 2 heterocycles. The second-order valence-corrected chi connectivity index (χ2v) is 5.09. The number of hydrogen-bond donors (Lipinski definition) is 1. The quantitative estimate of drug-likeness (QED) is 0.878. The minimum atomic E-state index is -0.0154. The van der Waals surface area contributed by atoms with E-state index in [-0.39, 0.29) is 12.1 Å². The topological polar surface area (TPSA) is 72.3 Å². The average molecular weight is 273 g/mol. The van der Waals surface area contributed by atoms with Gasteiger partial charge in [0.15, 0.2) is 0 Å². The van der Waals surface area contributed by atoms with Crippen molar-refractivity contribution in [1.82, 2.24) is 15.2 Å². The van der Waals surface area contributed by atoms with Gasteiger partial charge in [-0.3, -0.25) is 0 Å². The number of urea groups is 1. The number of anilines is 1. The second-order valence-electron chi connectivity index (χ2n) is 5.09. The summed E-state index contributed by atoms with van der Waals surface area (Å²) in [7, 11) is 0. The highest BCUT2D eigenvalue weighted by atomic mass is 16.2. The third kappa shape index (κ3) is 3.38. The first-order valence-electron chi connectivity index (χ1n) is 6.76. The molecule has 106 valence electrons. The Kier molecular flexibility index (Phi) is 4.41. The Hall–Kier alpha value is -2.29. The molecule has 6 heteroatoms. The first-order valence-corrected chi connectivity index (χ1v) is 6.76. The molecule has 1 N–H and O–H groups in total. The van der Waals surface area contributed by atoms with Crippen LogP contribution in [0.25, 0.3) is 0 Å². The fourth-order valence-corrected chi connectivity index (χ4v) is 2.14. The van der Waals surface area contributed by atoms with Crippen LogP contribution in [0.2, 0.25) is 0 Å². The lowest BCUT2D eigenvalue weighted by molar-refractivity contribution is 0.191. The van der Waals surface area contributed by atoms with Crippen molar-refractivity contribution in [3.8, 4) is 6.07 Å². The Morgan fingerprint density at radius 3 is 2.70 bits per heavy atom. The van der Waals surface area contributed by atoms with Crippen LogP contribution >= 0.6 is 0 Å². The lowest BCUT2D eigenvalue weighted by Gasteiger charge is -2.35. The highest BCUT2D eigenvalue weighted by Crippen LogP contribution is 2.14. The van der Waals surface area contributed by atoms with Crippen molar-refractivity contribution in [2.24, 2.45) is 0 Å². The van der Waals surface area contributed by atoms with E-state index in [2.05, 4.69) is 21.3 Å². The summed E-state index contributed by atoms with van der Waals surface area (Å²) >= 11 is 0. The number of nitrogens with zero attached hydrogens (tertiary/aromatic N) is 4. The van der Waals surface area contributed by atoms with Crippen LogP contribution in [-0.2, 0) is 0 Å². The zero-order valence-electron chi connectivity index (χ0n) is 11.8. The summed E-state index contributed by atoms with van der Waals surface area (Å²) in [6.07, 6.45) is 1.64. The van der Waals surface area contributed by atoms with Crippen LogP contribution in [0, 0.1) is 11.3 Å². The molecule has 1 fully saturated rings. The molecule has 0 aliphatic carbocycles. The molecule has 1 aromatic heterocycles. The molecule has 0 radical (unpaired) electrons. The van der Waals surface area contributed by atoms with E-state index in [0.717, 1.165) is 18.9 Å². The fourth-order valence-electron chi connectivity index (χ4n) is 2.14. The normalized spacial score (nSPS) is 15.1. The largest absolute Gasteiger partial charge is 0.353 e. The van der Waals surface area contributed by atoms with E-state index in [9.17, 15) is 4.79 Å². The molecule has 2 amide bonds. The van der Waals surface area contributed by atoms with Gasteiger partial charge in [0.1, 0.15) is 5.82 Å². The Morgan fingerprint density at radius 1 is 1.40 bits per heavy atom. The van der Waals surface area contributed by atoms with Crippen molar-refractivity contribution in [1.29, 1.82) is 5.26 Å². The molecule has 1 aliphatic rings. The van der Waals surface area contributed by atoms with Crippen LogP contribution in [-0.4, -0.2) is 48.1 Å². The minimum Gasteiger partial charge on any atom is -0.353 e. The van der Waals surface area contributed by atoms with Crippen LogP contribution < -0.4 is 10.2 Å². The number of nitrogens with one attached hydrogen (secondary N) is 1. The predicted molar refractivity (Wildman–Crippen MR) is 76.4 cm³/mol. The van der Waals surface area contributed by atoms with Crippen molar-refractivity contribution in [3.05, 3.63) is 23.9 Å². The van der Waals surface area contributed by atoms with E-state index < -0.39 is 0 Å². The molecule has 0 spiro atoms. The summed E-state index contributed by atoms with van der Waals surface area (Å²) in [6.45, 7) is 6.69. The highest BCUT2D eigenvalue weighted by molar-refractivity contribution is 5.74. The summed E-state index contributed by atoms with van der Waals surface area (Å²) in [5.41, 5.74) is 0.606. The van der Waals surface area contributed by atoms with Crippen LogP contribution in [0.15, 0.2) is 18.3 Å². The molecule has 1 aliphatic heterocycles. The summed E-state index contributed by atoms with van der Waals surface area (Å²) in [6, 6.07) is 5.72. The maximum Gasteiger partial charge on any atom is 0.317 e. The molecule has 20 heavy (non-hydrogen) atoms. The fraction of sp³-hybridized carbons (Fsp3) is 0.500. The maximum absolute atomic E-state index is 11.9. The molecular weight excluding hydrogens is 254 g/mol. The van der Waals surface area contributed by atoms with E-state index in [1.165, 1.54) is 0 Å². The second kappa shape index (κ2) is 6.24. The van der Waals surface area contributed by atoms with E-state index >= 15 is 0 Å². The van der Waals surface area contributed by atoms with Gasteiger partial charge in [0, 0.05) is 38.4 Å². The molecule has 1 saturated heterocycles. The van der Waals surface area contributed by atoms with Gasteiger partial charge < -0.3 is 15.1 Å². The number of rotatable bonds is 2. The number of aromatic nitrogens is 1. The smallest absolute Gasteiger partial charge is 0.317 e. The summed E-state index contributed by atoms with van der Waals surface area (Å²) in [5, 5.41) is 11.8. The Bertz CT molecular complexity index is 515. The van der Waals surface area contributed by atoms with E-state index in [1.54, 1.807) is 18.3 Å². The van der Waals surface area contributed by atoms with Gasteiger partial charge in [-0.05, 0) is 26.0 Å². The van der Waals surface area contributed by atoms with Crippen molar-refractivity contribution in [2.45, 2.75) is 19.9 Å². The Labute approximate surface area is 119 Å². The Balaban J connectivity index is 1.94. The summed E-state index contributed by atoms with van der Waals surface area (Å²) in [5.74, 6) is 0.799. The van der Waals surface area contributed by atoms with Gasteiger partial charge in [0.2, 0.25) is 0 Å². The number of carbonyl (C=O) groups is 1. The molecule has 6 nitrogen and oxygen atoms in total. The van der Waals surface area contributed by atoms with Gasteiger partial charge in [-0.1, -0.05) is 0 Å². The SMILES string of the molecule is CC(C)NC(=O)N1CCN(c2cc(C#N)ccn2)CC1. The standard InChI is InChI=1S/C14H19N5O/c1-11(2)17-14(20)19-7-5-18(6-8-19)13-9-12(10-15)3-4-16-13/h3-4,9,11H,5-8H2,1-2H3,(H,17,20). The van der Waals surface area contributed by atoms with Gasteiger partial charge in [-0.15, -0.1) is 0 Å². The van der Waals surface area contributed by atoms with Crippen LogP contribution in [0.3, 0.4) is 0 Å². The van der Waals surface area contributed by atoms with Gasteiger partial charge in [-0.25, -0.2) is 9.78 Å². The van der Waals surface area contributed by atoms with E-state index in [4.69, 9.17) is 5.26 Å². The van der Waals surface area contributed by atoms with Crippen LogP contribution in [0.5, 0.6) is 0 Å². The van der Waals surface area contributed by atoms with Gasteiger partial charge in [-0.2, -0.15) is 5.26 Å². The van der Waals surface area contributed by atoms with E-state index in [0.29, 0.717) is 18.7 Å². The summed E-state index contributed by atoms with van der Waals surface area (Å²) in [4.78, 5) is 20.1.